The zero-order chi connectivity index (χ0) is 18.2. The summed E-state index contributed by atoms with van der Waals surface area (Å²) in [5.41, 5.74) is 4.88. The lowest BCUT2D eigenvalue weighted by atomic mass is 10.2. The van der Waals surface area contributed by atoms with Gasteiger partial charge in [0.25, 0.3) is 0 Å². The summed E-state index contributed by atoms with van der Waals surface area (Å²) in [7, 11) is 0. The van der Waals surface area contributed by atoms with E-state index in [1.54, 1.807) is 0 Å². The number of hydrogen-bond donors (Lipinski definition) is 1. The molecule has 3 aromatic rings. The van der Waals surface area contributed by atoms with Gasteiger partial charge in [0.2, 0.25) is 0 Å². The summed E-state index contributed by atoms with van der Waals surface area (Å²) >= 11 is 0. The molecular formula is C22H25N5. The molecule has 27 heavy (non-hydrogen) atoms. The van der Waals surface area contributed by atoms with Crippen LogP contribution in [0.25, 0.3) is 11.4 Å². The van der Waals surface area contributed by atoms with Crippen molar-refractivity contribution in [3.05, 3.63) is 60.0 Å². The first-order chi connectivity index (χ1) is 13.3. The van der Waals surface area contributed by atoms with Crippen molar-refractivity contribution in [3.63, 3.8) is 0 Å². The van der Waals surface area contributed by atoms with E-state index in [1.165, 1.54) is 29.8 Å². The summed E-state index contributed by atoms with van der Waals surface area (Å²) in [4.78, 5) is 17.5. The second-order valence-electron chi connectivity index (χ2n) is 7.66. The van der Waals surface area contributed by atoms with Gasteiger partial charge < -0.3 is 14.8 Å². The zero-order valence-corrected chi connectivity index (χ0v) is 15.7. The lowest BCUT2D eigenvalue weighted by Gasteiger charge is -2.36. The van der Waals surface area contributed by atoms with E-state index in [2.05, 4.69) is 58.1 Å². The predicted molar refractivity (Wildman–Crippen MR) is 109 cm³/mol. The normalized spacial score (nSPS) is 17.4. The number of nitrogens with one attached hydrogen (secondary N) is 1. The first-order valence-corrected chi connectivity index (χ1v) is 9.84. The number of nitrogens with zero attached hydrogens (tertiary/aromatic N) is 4. The second kappa shape index (κ2) is 6.72. The largest absolute Gasteiger partial charge is 0.368 e. The van der Waals surface area contributed by atoms with Gasteiger partial charge in [0.05, 0.1) is 5.69 Å². The van der Waals surface area contributed by atoms with E-state index in [1.807, 2.05) is 12.4 Å². The summed E-state index contributed by atoms with van der Waals surface area (Å²) < 4.78 is 0. The third kappa shape index (κ3) is 3.42. The Bertz CT molecular complexity index is 901. The molecule has 0 radical (unpaired) electrons. The number of piperazine rings is 1. The maximum atomic E-state index is 4.72. The number of benzene rings is 1. The molecule has 0 atom stereocenters. The van der Waals surface area contributed by atoms with Crippen LogP contribution in [0.2, 0.25) is 0 Å². The number of aromatic amines is 1. The molecule has 1 aliphatic carbocycles. The number of aryl methyl sites for hydroxylation is 1. The Labute approximate surface area is 160 Å². The summed E-state index contributed by atoms with van der Waals surface area (Å²) in [6, 6.07) is 13.1. The van der Waals surface area contributed by atoms with Gasteiger partial charge in [-0.2, -0.15) is 0 Å². The molecule has 3 heterocycles. The Hall–Kier alpha value is -2.82. The molecule has 2 aromatic heterocycles. The molecule has 2 aliphatic rings. The molecule has 0 bridgehead atoms. The van der Waals surface area contributed by atoms with Gasteiger partial charge in [0.15, 0.2) is 0 Å². The highest BCUT2D eigenvalue weighted by molar-refractivity contribution is 5.57. The van der Waals surface area contributed by atoms with Gasteiger partial charge >= 0.3 is 0 Å². The third-order valence-electron chi connectivity index (χ3n) is 5.62. The van der Waals surface area contributed by atoms with Crippen molar-refractivity contribution < 1.29 is 0 Å². The third-order valence-corrected chi connectivity index (χ3v) is 5.62. The van der Waals surface area contributed by atoms with Crippen molar-refractivity contribution in [2.75, 3.05) is 36.0 Å². The Morgan fingerprint density at radius 3 is 2.33 bits per heavy atom. The van der Waals surface area contributed by atoms with E-state index >= 15 is 0 Å². The predicted octanol–water partition coefficient (Wildman–Crippen LogP) is 3.98. The van der Waals surface area contributed by atoms with Crippen molar-refractivity contribution in [2.45, 2.75) is 25.7 Å². The highest BCUT2D eigenvalue weighted by atomic mass is 15.3. The van der Waals surface area contributed by atoms with Crippen molar-refractivity contribution in [2.24, 2.45) is 0 Å². The van der Waals surface area contributed by atoms with Crippen LogP contribution in [0.3, 0.4) is 0 Å². The highest BCUT2D eigenvalue weighted by Crippen LogP contribution is 2.39. The number of rotatable bonds is 4. The van der Waals surface area contributed by atoms with Gasteiger partial charge in [-0.05, 0) is 44.0 Å². The quantitative estimate of drug-likeness (QED) is 0.765. The van der Waals surface area contributed by atoms with E-state index in [0.717, 1.165) is 43.4 Å². The van der Waals surface area contributed by atoms with Crippen LogP contribution in [0, 0.1) is 6.92 Å². The minimum absolute atomic E-state index is 0.673. The average molecular weight is 359 g/mol. The van der Waals surface area contributed by atoms with Crippen molar-refractivity contribution in [1.82, 2.24) is 15.0 Å². The molecule has 5 rings (SSSR count). The van der Waals surface area contributed by atoms with E-state index in [9.17, 15) is 0 Å². The smallest absolute Gasteiger partial charge is 0.139 e. The molecule has 5 nitrogen and oxygen atoms in total. The summed E-state index contributed by atoms with van der Waals surface area (Å²) in [5, 5.41) is 0. The van der Waals surface area contributed by atoms with Crippen LogP contribution in [-0.2, 0) is 0 Å². The molecule has 1 saturated heterocycles. The molecule has 0 unspecified atom stereocenters. The minimum Gasteiger partial charge on any atom is -0.368 e. The lowest BCUT2D eigenvalue weighted by molar-refractivity contribution is 0.647. The maximum absolute atomic E-state index is 4.72. The van der Waals surface area contributed by atoms with Crippen LogP contribution in [-0.4, -0.2) is 41.1 Å². The van der Waals surface area contributed by atoms with Gasteiger partial charge in [-0.1, -0.05) is 17.7 Å². The van der Waals surface area contributed by atoms with E-state index < -0.39 is 0 Å². The van der Waals surface area contributed by atoms with Crippen LogP contribution in [0.15, 0.2) is 48.8 Å². The number of H-pyrrole nitrogens is 1. The molecule has 0 spiro atoms. The Kier molecular flexibility index (Phi) is 4.07. The Morgan fingerprint density at radius 2 is 1.67 bits per heavy atom. The molecule has 1 N–H and O–H groups in total. The zero-order valence-electron chi connectivity index (χ0n) is 15.7. The molecule has 5 heteroatoms. The van der Waals surface area contributed by atoms with E-state index in [-0.39, 0.29) is 0 Å². The number of pyridine rings is 1. The molecule has 138 valence electrons. The number of hydrogen-bond acceptors (Lipinski definition) is 4. The van der Waals surface area contributed by atoms with Crippen LogP contribution >= 0.6 is 0 Å². The fourth-order valence-corrected chi connectivity index (χ4v) is 3.73. The standard InChI is InChI=1S/C22H25N5/c1-16-2-7-19(8-3-16)26-10-12-27(13-11-26)21-9-6-18(14-23-21)22-24-15-20(25-22)17-4-5-17/h2-3,6-9,14-15,17H,4-5,10-13H2,1H3,(H,24,25). The minimum atomic E-state index is 0.673. The molecule has 1 aliphatic heterocycles. The van der Waals surface area contributed by atoms with Gasteiger partial charge in [-0.15, -0.1) is 0 Å². The summed E-state index contributed by atoms with van der Waals surface area (Å²) in [6.07, 6.45) is 6.54. The summed E-state index contributed by atoms with van der Waals surface area (Å²) in [5.74, 6) is 2.66. The number of aromatic nitrogens is 3. The first kappa shape index (κ1) is 16.4. The monoisotopic (exact) mass is 359 g/mol. The topological polar surface area (TPSA) is 48.0 Å². The SMILES string of the molecule is Cc1ccc(N2CCN(c3ccc(-c4nc(C5CC5)c[nH]4)cn3)CC2)cc1. The lowest BCUT2D eigenvalue weighted by Crippen LogP contribution is -2.46. The van der Waals surface area contributed by atoms with Crippen LogP contribution < -0.4 is 9.80 Å². The highest BCUT2D eigenvalue weighted by Gasteiger charge is 2.26. The first-order valence-electron chi connectivity index (χ1n) is 9.84. The van der Waals surface area contributed by atoms with E-state index in [0.29, 0.717) is 5.92 Å². The molecule has 2 fully saturated rings. The fourth-order valence-electron chi connectivity index (χ4n) is 3.73. The van der Waals surface area contributed by atoms with Crippen LogP contribution in [0.1, 0.15) is 30.0 Å². The van der Waals surface area contributed by atoms with Crippen LogP contribution in [0.5, 0.6) is 0 Å². The van der Waals surface area contributed by atoms with Crippen molar-refractivity contribution >= 4 is 11.5 Å². The van der Waals surface area contributed by atoms with Gasteiger partial charge in [0.1, 0.15) is 11.6 Å². The summed E-state index contributed by atoms with van der Waals surface area (Å²) in [6.45, 7) is 6.16. The number of anilines is 2. The molecule has 1 aromatic carbocycles. The fraction of sp³-hybridized carbons (Fsp3) is 0.364. The average Bonchev–Trinajstić information content (AvgIpc) is 3.46. The van der Waals surface area contributed by atoms with Crippen LogP contribution in [0.4, 0.5) is 11.5 Å². The number of imidazole rings is 1. The van der Waals surface area contributed by atoms with Crippen molar-refractivity contribution in [1.29, 1.82) is 0 Å². The van der Waals surface area contributed by atoms with Gasteiger partial charge in [-0.3, -0.25) is 0 Å². The molecule has 1 saturated carbocycles. The molecular weight excluding hydrogens is 334 g/mol. The van der Waals surface area contributed by atoms with E-state index in [4.69, 9.17) is 9.97 Å². The van der Waals surface area contributed by atoms with Gasteiger partial charge in [0, 0.05) is 55.7 Å². The van der Waals surface area contributed by atoms with Crippen molar-refractivity contribution in [3.8, 4) is 11.4 Å². The molecule has 0 amide bonds. The van der Waals surface area contributed by atoms with Gasteiger partial charge in [-0.25, -0.2) is 9.97 Å². The maximum Gasteiger partial charge on any atom is 0.139 e. The Morgan fingerprint density at radius 1 is 0.926 bits per heavy atom. The second-order valence-corrected chi connectivity index (χ2v) is 7.66. The Balaban J connectivity index is 1.23.